The molecule has 6 nitrogen and oxygen atoms in total. The number of fused-ring (bicyclic) bond motifs is 5. The minimum absolute atomic E-state index is 0.473. The van der Waals surface area contributed by atoms with Crippen molar-refractivity contribution >= 4 is 0 Å². The van der Waals surface area contributed by atoms with Gasteiger partial charge in [0.2, 0.25) is 0 Å². The summed E-state index contributed by atoms with van der Waals surface area (Å²) in [5.74, 6) is 6.54. The Morgan fingerprint density at radius 1 is 1.10 bits per heavy atom. The van der Waals surface area contributed by atoms with Crippen LogP contribution in [-0.2, 0) is 11.3 Å². The molecule has 0 bridgehead atoms. The summed E-state index contributed by atoms with van der Waals surface area (Å²) >= 11 is 0. The SMILES string of the molecule is COC[C@@]1(O)CC[C@H]2[C@@H](CC[C@@H]3[C@@H]2CC[C@]2(C)[C@@H]([C@@H](C)Cn4nnnc4C)CC[C@@H]32)C1. The van der Waals surface area contributed by atoms with Crippen LogP contribution in [0.5, 0.6) is 0 Å². The third kappa shape index (κ3) is 3.66. The number of methoxy groups -OCH3 is 1. The lowest BCUT2D eigenvalue weighted by molar-refractivity contribution is -0.126. The average molecular weight is 431 g/mol. The van der Waals surface area contributed by atoms with Crippen molar-refractivity contribution in [3.63, 3.8) is 0 Å². The van der Waals surface area contributed by atoms with Crippen molar-refractivity contribution in [1.29, 1.82) is 0 Å². The number of hydrogen-bond acceptors (Lipinski definition) is 5. The molecule has 1 aromatic rings. The van der Waals surface area contributed by atoms with E-state index in [1.54, 1.807) is 7.11 Å². The van der Waals surface area contributed by atoms with Gasteiger partial charge < -0.3 is 9.84 Å². The maximum Gasteiger partial charge on any atom is 0.148 e. The maximum atomic E-state index is 11.0. The first kappa shape index (κ1) is 21.8. The third-order valence-corrected chi connectivity index (χ3v) is 10.4. The van der Waals surface area contributed by atoms with Crippen molar-refractivity contribution in [1.82, 2.24) is 20.2 Å². The molecule has 0 spiro atoms. The standard InChI is InChI=1S/C25H42N4O2/c1-16(14-29-17(2)26-27-28-29)22-7-8-23-21-6-5-18-13-25(30,15-31-4)12-10-19(18)20(21)9-11-24(22,23)3/h16,18-23,30H,5-15H2,1-4H3/t16-,18-,19-,20+,21+,22+,23-,24+,25+/m0/s1. The van der Waals surface area contributed by atoms with Crippen molar-refractivity contribution in [2.75, 3.05) is 13.7 Å². The predicted octanol–water partition coefficient (Wildman–Crippen LogP) is 4.26. The van der Waals surface area contributed by atoms with Crippen molar-refractivity contribution in [2.24, 2.45) is 46.8 Å². The largest absolute Gasteiger partial charge is 0.387 e. The summed E-state index contributed by atoms with van der Waals surface area (Å²) in [4.78, 5) is 0. The fraction of sp³-hybridized carbons (Fsp3) is 0.960. The van der Waals surface area contributed by atoms with E-state index in [-0.39, 0.29) is 0 Å². The number of hydrogen-bond donors (Lipinski definition) is 1. The highest BCUT2D eigenvalue weighted by molar-refractivity contribution is 5.07. The zero-order chi connectivity index (χ0) is 21.8. The number of ether oxygens (including phenoxy) is 1. The van der Waals surface area contributed by atoms with Gasteiger partial charge >= 0.3 is 0 Å². The molecule has 1 heterocycles. The minimum atomic E-state index is -0.575. The predicted molar refractivity (Wildman–Crippen MR) is 119 cm³/mol. The Morgan fingerprint density at radius 3 is 2.65 bits per heavy atom. The number of aryl methyl sites for hydroxylation is 1. The first-order chi connectivity index (χ1) is 14.8. The molecule has 0 aromatic carbocycles. The van der Waals surface area contributed by atoms with Crippen LogP contribution in [0.4, 0.5) is 0 Å². The van der Waals surface area contributed by atoms with Crippen molar-refractivity contribution < 1.29 is 9.84 Å². The highest BCUT2D eigenvalue weighted by Gasteiger charge is 2.58. The molecule has 0 radical (unpaired) electrons. The van der Waals surface area contributed by atoms with E-state index in [4.69, 9.17) is 4.74 Å². The zero-order valence-electron chi connectivity index (χ0n) is 20.0. The van der Waals surface area contributed by atoms with Gasteiger partial charge in [0.15, 0.2) is 0 Å². The van der Waals surface area contributed by atoms with Crippen LogP contribution in [0.3, 0.4) is 0 Å². The van der Waals surface area contributed by atoms with Gasteiger partial charge in [-0.2, -0.15) is 0 Å². The van der Waals surface area contributed by atoms with Crippen LogP contribution in [0.25, 0.3) is 0 Å². The number of aliphatic hydroxyl groups is 1. The van der Waals surface area contributed by atoms with Crippen LogP contribution in [0.15, 0.2) is 0 Å². The van der Waals surface area contributed by atoms with Gasteiger partial charge in [-0.25, -0.2) is 4.68 Å². The molecule has 6 heteroatoms. The summed E-state index contributed by atoms with van der Waals surface area (Å²) in [6.45, 7) is 8.51. The van der Waals surface area contributed by atoms with E-state index in [2.05, 4.69) is 29.4 Å². The highest BCUT2D eigenvalue weighted by atomic mass is 16.5. The van der Waals surface area contributed by atoms with Gasteiger partial charge in [0.1, 0.15) is 5.82 Å². The highest BCUT2D eigenvalue weighted by Crippen LogP contribution is 2.65. The summed E-state index contributed by atoms with van der Waals surface area (Å²) in [5.41, 5.74) is -0.102. The second-order valence-corrected chi connectivity index (χ2v) is 11.9. The lowest BCUT2D eigenvalue weighted by atomic mass is 9.48. The second kappa shape index (κ2) is 8.09. The van der Waals surface area contributed by atoms with Crippen LogP contribution in [0.1, 0.15) is 77.5 Å². The Morgan fingerprint density at radius 2 is 1.90 bits per heavy atom. The van der Waals surface area contributed by atoms with Gasteiger partial charge in [0, 0.05) is 13.7 Å². The first-order valence-electron chi connectivity index (χ1n) is 12.8. The van der Waals surface area contributed by atoms with E-state index in [9.17, 15) is 5.11 Å². The van der Waals surface area contributed by atoms with Crippen molar-refractivity contribution in [2.45, 2.75) is 90.7 Å². The van der Waals surface area contributed by atoms with Gasteiger partial charge in [0.25, 0.3) is 0 Å². The summed E-state index contributed by atoms with van der Waals surface area (Å²) in [6, 6.07) is 0. The van der Waals surface area contributed by atoms with E-state index in [0.717, 1.165) is 54.8 Å². The maximum absolute atomic E-state index is 11.0. The van der Waals surface area contributed by atoms with Crippen molar-refractivity contribution in [3.05, 3.63) is 5.82 Å². The fourth-order valence-electron chi connectivity index (χ4n) is 9.16. The summed E-state index contributed by atoms with van der Waals surface area (Å²) < 4.78 is 7.36. The van der Waals surface area contributed by atoms with Crippen LogP contribution in [-0.4, -0.2) is 44.6 Å². The van der Waals surface area contributed by atoms with E-state index < -0.39 is 5.60 Å². The molecular weight excluding hydrogens is 388 g/mol. The Hall–Kier alpha value is -1.01. The smallest absolute Gasteiger partial charge is 0.148 e. The lowest BCUT2D eigenvalue weighted by Gasteiger charge is -2.57. The quantitative estimate of drug-likeness (QED) is 0.755. The van der Waals surface area contributed by atoms with E-state index >= 15 is 0 Å². The Labute approximate surface area is 187 Å². The second-order valence-electron chi connectivity index (χ2n) is 11.9. The molecule has 0 saturated heterocycles. The molecule has 4 saturated carbocycles. The van der Waals surface area contributed by atoms with Crippen LogP contribution in [0.2, 0.25) is 0 Å². The molecule has 5 rings (SSSR count). The molecule has 174 valence electrons. The minimum Gasteiger partial charge on any atom is -0.387 e. The van der Waals surface area contributed by atoms with Crippen LogP contribution in [0, 0.1) is 53.8 Å². The molecule has 1 N–H and O–H groups in total. The van der Waals surface area contributed by atoms with Gasteiger partial charge in [-0.1, -0.05) is 13.8 Å². The van der Waals surface area contributed by atoms with Gasteiger partial charge in [-0.15, -0.1) is 5.10 Å². The molecule has 1 aromatic heterocycles. The average Bonchev–Trinajstić information content (AvgIpc) is 3.30. The molecule has 31 heavy (non-hydrogen) atoms. The first-order valence-corrected chi connectivity index (χ1v) is 12.8. The van der Waals surface area contributed by atoms with E-state index in [1.807, 2.05) is 11.6 Å². The zero-order valence-corrected chi connectivity index (χ0v) is 20.0. The molecule has 0 amide bonds. The topological polar surface area (TPSA) is 73.1 Å². The Balaban J connectivity index is 1.29. The number of tetrazole rings is 1. The molecule has 0 unspecified atom stereocenters. The lowest BCUT2D eigenvalue weighted by Crippen LogP contribution is -2.52. The van der Waals surface area contributed by atoms with Gasteiger partial charge in [-0.3, -0.25) is 0 Å². The Kier molecular flexibility index (Phi) is 5.69. The number of aromatic nitrogens is 4. The monoisotopic (exact) mass is 430 g/mol. The normalized spacial score (nSPS) is 45.6. The third-order valence-electron chi connectivity index (χ3n) is 10.4. The molecule has 4 fully saturated rings. The van der Waals surface area contributed by atoms with Gasteiger partial charge in [0.05, 0.1) is 12.2 Å². The summed E-state index contributed by atoms with van der Waals surface area (Å²) in [6.07, 6.45) is 11.3. The summed E-state index contributed by atoms with van der Waals surface area (Å²) in [7, 11) is 1.72. The van der Waals surface area contributed by atoms with Crippen LogP contribution >= 0.6 is 0 Å². The number of nitrogens with zero attached hydrogens (tertiary/aromatic N) is 4. The number of rotatable bonds is 5. The van der Waals surface area contributed by atoms with Gasteiger partial charge in [-0.05, 0) is 122 Å². The van der Waals surface area contributed by atoms with Crippen molar-refractivity contribution in [3.8, 4) is 0 Å². The van der Waals surface area contributed by atoms with E-state index in [1.165, 1.54) is 44.9 Å². The molecule has 9 atom stereocenters. The molecule has 0 aliphatic heterocycles. The van der Waals surface area contributed by atoms with E-state index in [0.29, 0.717) is 23.9 Å². The van der Waals surface area contributed by atoms with Crippen LogP contribution < -0.4 is 0 Å². The Bertz CT molecular complexity index is 783. The molecule has 4 aliphatic rings. The molecular formula is C25H42N4O2. The summed E-state index contributed by atoms with van der Waals surface area (Å²) in [5, 5.41) is 23.1. The molecule has 4 aliphatic carbocycles. The fourth-order valence-corrected chi connectivity index (χ4v) is 9.16.